The van der Waals surface area contributed by atoms with Crippen molar-refractivity contribution < 1.29 is 14.1 Å². The molecule has 1 atom stereocenters. The zero-order chi connectivity index (χ0) is 15.4. The van der Waals surface area contributed by atoms with Gasteiger partial charge in [-0.2, -0.15) is 0 Å². The number of carbonyl (C=O) groups excluding carboxylic acids is 1. The minimum atomic E-state index is -0.127. The molecule has 0 saturated carbocycles. The van der Waals surface area contributed by atoms with Crippen molar-refractivity contribution in [3.8, 4) is 5.75 Å². The minimum Gasteiger partial charge on any atom is -0.490 e. The van der Waals surface area contributed by atoms with E-state index in [2.05, 4.69) is 15.5 Å². The molecule has 9 heteroatoms. The zero-order valence-electron chi connectivity index (χ0n) is 13.2. The van der Waals surface area contributed by atoms with Crippen molar-refractivity contribution >= 4 is 30.7 Å². The summed E-state index contributed by atoms with van der Waals surface area (Å²) in [6, 6.07) is 5.26. The van der Waals surface area contributed by atoms with E-state index in [-0.39, 0.29) is 36.8 Å². The number of nitrogens with one attached hydrogen (secondary N) is 1. The van der Waals surface area contributed by atoms with E-state index in [4.69, 9.17) is 9.26 Å². The zero-order valence-corrected chi connectivity index (χ0v) is 14.8. The van der Waals surface area contributed by atoms with Gasteiger partial charge in [-0.05, 0) is 19.1 Å². The quantitative estimate of drug-likeness (QED) is 0.877. The molecule has 1 N–H and O–H groups in total. The Morgan fingerprint density at radius 1 is 1.50 bits per heavy atom. The monoisotopic (exact) mass is 374 g/mol. The Bertz CT molecular complexity index is 639. The number of hydrogen-bond acceptors (Lipinski definition) is 6. The minimum absolute atomic E-state index is 0. The van der Waals surface area contributed by atoms with Crippen molar-refractivity contribution in [3.63, 3.8) is 0 Å². The SMILES string of the molecule is Cc1cc(C(=O)N2CCNCC2COc2cccnc2)no1.Cl.Cl. The normalized spacial score (nSPS) is 16.7. The molecule has 1 aliphatic rings. The molecule has 0 radical (unpaired) electrons. The molecule has 0 aliphatic carbocycles. The van der Waals surface area contributed by atoms with Crippen LogP contribution in [0, 0.1) is 6.92 Å². The molecule has 2 aromatic rings. The Hall–Kier alpha value is -1.83. The van der Waals surface area contributed by atoms with Crippen LogP contribution in [-0.4, -0.2) is 53.2 Å². The largest absolute Gasteiger partial charge is 0.490 e. The van der Waals surface area contributed by atoms with Gasteiger partial charge in [-0.25, -0.2) is 0 Å². The van der Waals surface area contributed by atoms with Gasteiger partial charge >= 0.3 is 0 Å². The van der Waals surface area contributed by atoms with Crippen LogP contribution >= 0.6 is 24.8 Å². The van der Waals surface area contributed by atoms with Gasteiger partial charge in [0.2, 0.25) is 0 Å². The highest BCUT2D eigenvalue weighted by Crippen LogP contribution is 2.13. The van der Waals surface area contributed by atoms with Crippen molar-refractivity contribution in [2.75, 3.05) is 26.2 Å². The average molecular weight is 375 g/mol. The molecule has 0 aromatic carbocycles. The number of hydrogen-bond donors (Lipinski definition) is 1. The topological polar surface area (TPSA) is 80.5 Å². The van der Waals surface area contributed by atoms with Crippen LogP contribution in [0.2, 0.25) is 0 Å². The predicted octanol–water partition coefficient (Wildman–Crippen LogP) is 1.71. The number of piperazine rings is 1. The van der Waals surface area contributed by atoms with Crippen LogP contribution in [0.1, 0.15) is 16.2 Å². The molecule has 0 bridgehead atoms. The van der Waals surface area contributed by atoms with Crippen LogP contribution in [0.25, 0.3) is 0 Å². The fraction of sp³-hybridized carbons (Fsp3) is 0.400. The second-order valence-electron chi connectivity index (χ2n) is 5.18. The number of carbonyl (C=O) groups is 1. The lowest BCUT2D eigenvalue weighted by atomic mass is 10.2. The summed E-state index contributed by atoms with van der Waals surface area (Å²) >= 11 is 0. The van der Waals surface area contributed by atoms with E-state index in [1.165, 1.54) is 0 Å². The maximum Gasteiger partial charge on any atom is 0.276 e. The number of rotatable bonds is 4. The summed E-state index contributed by atoms with van der Waals surface area (Å²) in [7, 11) is 0. The predicted molar refractivity (Wildman–Crippen MR) is 93.2 cm³/mol. The van der Waals surface area contributed by atoms with E-state index in [9.17, 15) is 4.79 Å². The van der Waals surface area contributed by atoms with Gasteiger partial charge in [0, 0.05) is 31.9 Å². The van der Waals surface area contributed by atoms with Gasteiger partial charge in [-0.1, -0.05) is 5.16 Å². The highest BCUT2D eigenvalue weighted by atomic mass is 35.5. The fourth-order valence-corrected chi connectivity index (χ4v) is 2.42. The third-order valence-corrected chi connectivity index (χ3v) is 3.53. The lowest BCUT2D eigenvalue weighted by Gasteiger charge is -2.35. The van der Waals surface area contributed by atoms with E-state index in [1.54, 1.807) is 30.3 Å². The van der Waals surface area contributed by atoms with Gasteiger partial charge in [-0.3, -0.25) is 9.78 Å². The second kappa shape index (κ2) is 9.46. The summed E-state index contributed by atoms with van der Waals surface area (Å²) in [6.07, 6.45) is 3.35. The van der Waals surface area contributed by atoms with Gasteiger partial charge in [0.1, 0.15) is 18.1 Å². The molecule has 1 aliphatic heterocycles. The molecule has 1 saturated heterocycles. The number of halogens is 2. The molecule has 7 nitrogen and oxygen atoms in total. The van der Waals surface area contributed by atoms with Crippen molar-refractivity contribution in [3.05, 3.63) is 42.0 Å². The molecule has 132 valence electrons. The van der Waals surface area contributed by atoms with Gasteiger partial charge in [0.15, 0.2) is 5.69 Å². The van der Waals surface area contributed by atoms with Crippen molar-refractivity contribution in [1.29, 1.82) is 0 Å². The first-order chi connectivity index (χ1) is 10.7. The summed E-state index contributed by atoms with van der Waals surface area (Å²) in [4.78, 5) is 18.3. The van der Waals surface area contributed by atoms with Gasteiger partial charge in [0.05, 0.1) is 12.2 Å². The van der Waals surface area contributed by atoms with Gasteiger partial charge in [0.25, 0.3) is 5.91 Å². The smallest absolute Gasteiger partial charge is 0.276 e. The van der Waals surface area contributed by atoms with E-state index in [0.29, 0.717) is 36.9 Å². The summed E-state index contributed by atoms with van der Waals surface area (Å²) in [5, 5.41) is 7.09. The highest BCUT2D eigenvalue weighted by Gasteiger charge is 2.29. The van der Waals surface area contributed by atoms with E-state index in [1.807, 2.05) is 12.1 Å². The molecular formula is C15H20Cl2N4O3. The molecule has 3 rings (SSSR count). The number of aromatic nitrogens is 2. The van der Waals surface area contributed by atoms with Crippen LogP contribution < -0.4 is 10.1 Å². The molecule has 24 heavy (non-hydrogen) atoms. The van der Waals surface area contributed by atoms with Crippen molar-refractivity contribution in [2.45, 2.75) is 13.0 Å². The number of amides is 1. The van der Waals surface area contributed by atoms with E-state index >= 15 is 0 Å². The van der Waals surface area contributed by atoms with Crippen LogP contribution in [-0.2, 0) is 0 Å². The molecule has 1 amide bonds. The van der Waals surface area contributed by atoms with Crippen LogP contribution in [0.5, 0.6) is 5.75 Å². The Morgan fingerprint density at radius 3 is 3.00 bits per heavy atom. The van der Waals surface area contributed by atoms with Crippen molar-refractivity contribution in [1.82, 2.24) is 20.4 Å². The number of ether oxygens (including phenoxy) is 1. The molecule has 0 spiro atoms. The van der Waals surface area contributed by atoms with E-state index in [0.717, 1.165) is 6.54 Å². The fourth-order valence-electron chi connectivity index (χ4n) is 2.42. The lowest BCUT2D eigenvalue weighted by Crippen LogP contribution is -2.56. The maximum absolute atomic E-state index is 12.5. The number of aryl methyl sites for hydroxylation is 1. The third-order valence-electron chi connectivity index (χ3n) is 3.53. The van der Waals surface area contributed by atoms with Gasteiger partial charge in [-0.15, -0.1) is 24.8 Å². The van der Waals surface area contributed by atoms with Crippen LogP contribution in [0.4, 0.5) is 0 Å². The van der Waals surface area contributed by atoms with Crippen molar-refractivity contribution in [2.24, 2.45) is 0 Å². The Balaban J connectivity index is 0.00000144. The van der Waals surface area contributed by atoms with Gasteiger partial charge < -0.3 is 19.5 Å². The first-order valence-corrected chi connectivity index (χ1v) is 7.22. The summed E-state index contributed by atoms with van der Waals surface area (Å²) < 4.78 is 10.7. The first-order valence-electron chi connectivity index (χ1n) is 7.22. The highest BCUT2D eigenvalue weighted by molar-refractivity contribution is 5.92. The Labute approximate surface area is 152 Å². The Morgan fingerprint density at radius 2 is 2.33 bits per heavy atom. The summed E-state index contributed by atoms with van der Waals surface area (Å²) in [5.74, 6) is 1.19. The van der Waals surface area contributed by atoms with Crippen LogP contribution in [0.3, 0.4) is 0 Å². The molecule has 2 aromatic heterocycles. The third kappa shape index (κ3) is 4.83. The number of pyridine rings is 1. The van der Waals surface area contributed by atoms with E-state index < -0.39 is 0 Å². The molecule has 1 unspecified atom stereocenters. The standard InChI is InChI=1S/C15H18N4O3.2ClH/c1-11-7-14(18-22-11)15(20)19-6-5-17-8-12(19)10-21-13-3-2-4-16-9-13;;/h2-4,7,9,12,17H,5-6,8,10H2,1H3;2*1H. The summed E-state index contributed by atoms with van der Waals surface area (Å²) in [6.45, 7) is 4.23. The average Bonchev–Trinajstić information content (AvgIpc) is 3.00. The summed E-state index contributed by atoms with van der Waals surface area (Å²) in [5.41, 5.74) is 0.339. The molecule has 3 heterocycles. The molecule has 1 fully saturated rings. The number of nitrogens with zero attached hydrogens (tertiary/aromatic N) is 3. The molecular weight excluding hydrogens is 355 g/mol. The lowest BCUT2D eigenvalue weighted by molar-refractivity contribution is 0.0549. The maximum atomic E-state index is 12.5. The second-order valence-corrected chi connectivity index (χ2v) is 5.18. The first kappa shape index (κ1) is 20.2. The Kier molecular flexibility index (Phi) is 7.97. The van der Waals surface area contributed by atoms with Crippen LogP contribution in [0.15, 0.2) is 35.1 Å².